The number of nitriles is 1. The van der Waals surface area contributed by atoms with Gasteiger partial charge in [-0.3, -0.25) is 0 Å². The van der Waals surface area contributed by atoms with Crippen LogP contribution in [0.25, 0.3) is 0 Å². The highest BCUT2D eigenvalue weighted by Crippen LogP contribution is 2.34. The first kappa shape index (κ1) is 12.5. The number of aromatic nitrogens is 1. The molecule has 2 N–H and O–H groups in total. The Bertz CT molecular complexity index is 679. The number of nitrogens with two attached hydrogens (primary N) is 1. The second kappa shape index (κ2) is 5.19. The van der Waals surface area contributed by atoms with E-state index in [-0.39, 0.29) is 6.04 Å². The van der Waals surface area contributed by atoms with Crippen molar-refractivity contribution < 1.29 is 9.47 Å². The lowest BCUT2D eigenvalue weighted by atomic mass is 10.1. The molecule has 1 unspecified atom stereocenters. The summed E-state index contributed by atoms with van der Waals surface area (Å²) in [4.78, 5) is 3.99. The number of pyridine rings is 1. The van der Waals surface area contributed by atoms with Crippen LogP contribution in [-0.2, 0) is 6.61 Å². The van der Waals surface area contributed by atoms with Crippen LogP contribution in [0.1, 0.15) is 22.9 Å². The first-order chi connectivity index (χ1) is 9.78. The molecular weight excluding hydrogens is 254 g/mol. The Balaban J connectivity index is 1.75. The van der Waals surface area contributed by atoms with Crippen molar-refractivity contribution in [2.45, 2.75) is 12.6 Å². The van der Waals surface area contributed by atoms with E-state index in [4.69, 9.17) is 20.5 Å². The van der Waals surface area contributed by atoms with Crippen LogP contribution in [0.15, 0.2) is 36.5 Å². The molecule has 0 spiro atoms. The molecule has 1 aliphatic heterocycles. The fourth-order valence-corrected chi connectivity index (χ4v) is 2.12. The Kier molecular flexibility index (Phi) is 3.23. The van der Waals surface area contributed by atoms with Gasteiger partial charge in [0.05, 0.1) is 6.04 Å². The molecule has 20 heavy (non-hydrogen) atoms. The Morgan fingerprint density at radius 1 is 1.45 bits per heavy atom. The van der Waals surface area contributed by atoms with Crippen LogP contribution in [0.2, 0.25) is 0 Å². The molecule has 1 aliphatic rings. The lowest BCUT2D eigenvalue weighted by Crippen LogP contribution is -2.10. The number of fused-ring (bicyclic) bond motifs is 1. The first-order valence-corrected chi connectivity index (χ1v) is 6.27. The molecule has 0 saturated carbocycles. The SMILES string of the molecule is N#Cc1ncccc1COc1ccc2c(c1)OCC2N. The largest absolute Gasteiger partial charge is 0.491 e. The predicted molar refractivity (Wildman–Crippen MR) is 72.1 cm³/mol. The van der Waals surface area contributed by atoms with Gasteiger partial charge in [0.1, 0.15) is 36.5 Å². The van der Waals surface area contributed by atoms with E-state index in [1.54, 1.807) is 12.3 Å². The van der Waals surface area contributed by atoms with Crippen LogP contribution < -0.4 is 15.2 Å². The summed E-state index contributed by atoms with van der Waals surface area (Å²) in [7, 11) is 0. The number of nitrogens with zero attached hydrogens (tertiary/aromatic N) is 2. The van der Waals surface area contributed by atoms with Crippen molar-refractivity contribution in [3.8, 4) is 17.6 Å². The summed E-state index contributed by atoms with van der Waals surface area (Å²) in [5, 5.41) is 8.97. The van der Waals surface area contributed by atoms with Gasteiger partial charge in [-0.1, -0.05) is 6.07 Å². The molecule has 1 aromatic carbocycles. The number of benzene rings is 1. The fourth-order valence-electron chi connectivity index (χ4n) is 2.12. The van der Waals surface area contributed by atoms with Gasteiger partial charge in [-0.05, 0) is 18.2 Å². The van der Waals surface area contributed by atoms with Crippen LogP contribution in [0.3, 0.4) is 0 Å². The van der Waals surface area contributed by atoms with Gasteiger partial charge in [0, 0.05) is 23.4 Å². The molecule has 100 valence electrons. The minimum absolute atomic E-state index is 0.0671. The molecule has 2 aromatic rings. The van der Waals surface area contributed by atoms with Gasteiger partial charge < -0.3 is 15.2 Å². The van der Waals surface area contributed by atoms with Crippen molar-refractivity contribution in [2.75, 3.05) is 6.61 Å². The predicted octanol–water partition coefficient (Wildman–Crippen LogP) is 1.92. The molecule has 0 amide bonds. The Morgan fingerprint density at radius 3 is 3.20 bits per heavy atom. The third kappa shape index (κ3) is 2.29. The molecule has 1 atom stereocenters. The summed E-state index contributed by atoms with van der Waals surface area (Å²) in [6, 6.07) is 11.2. The van der Waals surface area contributed by atoms with E-state index >= 15 is 0 Å². The topological polar surface area (TPSA) is 81.2 Å². The lowest BCUT2D eigenvalue weighted by molar-refractivity contribution is 0.300. The van der Waals surface area contributed by atoms with E-state index in [0.717, 1.165) is 16.9 Å². The van der Waals surface area contributed by atoms with Crippen LogP contribution in [0.4, 0.5) is 0 Å². The Hall–Kier alpha value is -2.58. The molecule has 0 bridgehead atoms. The third-order valence-electron chi connectivity index (χ3n) is 3.19. The van der Waals surface area contributed by atoms with Crippen molar-refractivity contribution in [3.05, 3.63) is 53.3 Å². The first-order valence-electron chi connectivity index (χ1n) is 6.27. The smallest absolute Gasteiger partial charge is 0.147 e. The van der Waals surface area contributed by atoms with Crippen molar-refractivity contribution >= 4 is 0 Å². The van der Waals surface area contributed by atoms with Gasteiger partial charge in [0.2, 0.25) is 0 Å². The molecule has 0 saturated heterocycles. The van der Waals surface area contributed by atoms with Crippen molar-refractivity contribution in [3.63, 3.8) is 0 Å². The van der Waals surface area contributed by atoms with E-state index in [0.29, 0.717) is 24.7 Å². The van der Waals surface area contributed by atoms with Gasteiger partial charge in [0.25, 0.3) is 0 Å². The number of ether oxygens (including phenoxy) is 2. The van der Waals surface area contributed by atoms with Gasteiger partial charge in [-0.25, -0.2) is 4.98 Å². The van der Waals surface area contributed by atoms with E-state index in [2.05, 4.69) is 4.98 Å². The summed E-state index contributed by atoms with van der Waals surface area (Å²) >= 11 is 0. The molecular formula is C15H13N3O2. The zero-order chi connectivity index (χ0) is 13.9. The second-order valence-corrected chi connectivity index (χ2v) is 4.53. The number of hydrogen-bond acceptors (Lipinski definition) is 5. The summed E-state index contributed by atoms with van der Waals surface area (Å²) in [6.07, 6.45) is 1.59. The fraction of sp³-hybridized carbons (Fsp3) is 0.200. The molecule has 0 aliphatic carbocycles. The van der Waals surface area contributed by atoms with Crippen molar-refractivity contribution in [1.82, 2.24) is 4.98 Å². The standard InChI is InChI=1S/C15H13N3O2/c16-7-14-10(2-1-5-18-14)8-19-11-3-4-12-13(17)9-20-15(12)6-11/h1-6,13H,8-9,17H2. The molecule has 1 aromatic heterocycles. The highest BCUT2D eigenvalue weighted by Gasteiger charge is 2.20. The minimum Gasteiger partial charge on any atom is -0.491 e. The summed E-state index contributed by atoms with van der Waals surface area (Å²) in [5.74, 6) is 1.45. The normalized spacial score (nSPS) is 16.1. The van der Waals surface area contributed by atoms with Crippen molar-refractivity contribution in [2.24, 2.45) is 5.73 Å². The van der Waals surface area contributed by atoms with Crippen LogP contribution >= 0.6 is 0 Å². The molecule has 0 radical (unpaired) electrons. The minimum atomic E-state index is -0.0671. The quantitative estimate of drug-likeness (QED) is 0.918. The molecule has 3 rings (SSSR count). The van der Waals surface area contributed by atoms with Crippen LogP contribution in [0, 0.1) is 11.3 Å². The average Bonchev–Trinajstić information content (AvgIpc) is 2.86. The number of rotatable bonds is 3. The van der Waals surface area contributed by atoms with Gasteiger partial charge in [0.15, 0.2) is 0 Å². The monoisotopic (exact) mass is 267 g/mol. The van der Waals surface area contributed by atoms with Gasteiger partial charge >= 0.3 is 0 Å². The maximum atomic E-state index is 8.97. The molecule has 0 fully saturated rings. The highest BCUT2D eigenvalue weighted by atomic mass is 16.5. The van der Waals surface area contributed by atoms with Crippen LogP contribution in [-0.4, -0.2) is 11.6 Å². The van der Waals surface area contributed by atoms with Crippen LogP contribution in [0.5, 0.6) is 11.5 Å². The average molecular weight is 267 g/mol. The Morgan fingerprint density at radius 2 is 2.35 bits per heavy atom. The lowest BCUT2D eigenvalue weighted by Gasteiger charge is -2.08. The van der Waals surface area contributed by atoms with E-state index in [1.807, 2.05) is 30.3 Å². The molecule has 2 heterocycles. The maximum Gasteiger partial charge on any atom is 0.147 e. The van der Waals surface area contributed by atoms with Gasteiger partial charge in [-0.2, -0.15) is 5.26 Å². The summed E-state index contributed by atoms with van der Waals surface area (Å²) < 4.78 is 11.2. The van der Waals surface area contributed by atoms with Gasteiger partial charge in [-0.15, -0.1) is 0 Å². The van der Waals surface area contributed by atoms with E-state index < -0.39 is 0 Å². The van der Waals surface area contributed by atoms with Crippen molar-refractivity contribution in [1.29, 1.82) is 5.26 Å². The summed E-state index contributed by atoms with van der Waals surface area (Å²) in [5.41, 5.74) is 8.02. The zero-order valence-electron chi connectivity index (χ0n) is 10.7. The second-order valence-electron chi connectivity index (χ2n) is 4.53. The Labute approximate surface area is 116 Å². The maximum absolute atomic E-state index is 8.97. The summed E-state index contributed by atoms with van der Waals surface area (Å²) in [6.45, 7) is 0.793. The number of hydrogen-bond donors (Lipinski definition) is 1. The third-order valence-corrected chi connectivity index (χ3v) is 3.19. The molecule has 5 nitrogen and oxygen atoms in total. The van der Waals surface area contributed by atoms with E-state index in [1.165, 1.54) is 0 Å². The highest BCUT2D eigenvalue weighted by molar-refractivity contribution is 5.45. The van der Waals surface area contributed by atoms with E-state index in [9.17, 15) is 0 Å². The zero-order valence-corrected chi connectivity index (χ0v) is 10.7. The molecule has 5 heteroatoms.